The van der Waals surface area contributed by atoms with Gasteiger partial charge in [0.05, 0.1) is 19.3 Å². The number of amides is 1. The summed E-state index contributed by atoms with van der Waals surface area (Å²) in [4.78, 5) is 26.4. The minimum atomic E-state index is -2.03. The molecule has 6 nitrogen and oxygen atoms in total. The van der Waals surface area contributed by atoms with E-state index < -0.39 is 32.0 Å². The van der Waals surface area contributed by atoms with E-state index in [1.54, 1.807) is 0 Å². The normalized spacial score (nSPS) is 25.0. The molecule has 1 aliphatic heterocycles. The second kappa shape index (κ2) is 7.27. The first kappa shape index (κ1) is 22.0. The summed E-state index contributed by atoms with van der Waals surface area (Å²) in [5, 5.41) is 0.0484. The van der Waals surface area contributed by atoms with Crippen molar-refractivity contribution in [2.45, 2.75) is 96.8 Å². The summed E-state index contributed by atoms with van der Waals surface area (Å²) in [6.45, 7) is 18.2. The van der Waals surface area contributed by atoms with Crippen molar-refractivity contribution in [1.29, 1.82) is 0 Å². The number of rotatable bonds is 3. The van der Waals surface area contributed by atoms with Crippen LogP contribution < -0.4 is 0 Å². The zero-order valence-corrected chi connectivity index (χ0v) is 18.4. The van der Waals surface area contributed by atoms with Crippen LogP contribution >= 0.6 is 0 Å². The number of nitrogens with zero attached hydrogens (tertiary/aromatic N) is 1. The third-order valence-corrected chi connectivity index (χ3v) is 9.60. The number of methoxy groups -OCH3 is 1. The Morgan fingerprint density at radius 1 is 1.08 bits per heavy atom. The van der Waals surface area contributed by atoms with Gasteiger partial charge >= 0.3 is 12.1 Å². The first-order chi connectivity index (χ1) is 11.1. The van der Waals surface area contributed by atoms with Crippen LogP contribution in [0.5, 0.6) is 0 Å². The van der Waals surface area contributed by atoms with Crippen molar-refractivity contribution in [1.82, 2.24) is 4.90 Å². The molecule has 0 aromatic heterocycles. The molecule has 0 spiro atoms. The van der Waals surface area contributed by atoms with Crippen LogP contribution in [0.3, 0.4) is 0 Å². The molecule has 0 unspecified atom stereocenters. The van der Waals surface area contributed by atoms with E-state index in [-0.39, 0.29) is 17.2 Å². The third kappa shape index (κ3) is 5.20. The van der Waals surface area contributed by atoms with Gasteiger partial charge in [-0.3, -0.25) is 4.90 Å². The lowest BCUT2D eigenvalue weighted by molar-refractivity contribution is -0.146. The van der Waals surface area contributed by atoms with Crippen LogP contribution in [0.25, 0.3) is 0 Å². The highest BCUT2D eigenvalue weighted by Crippen LogP contribution is 2.40. The largest absolute Gasteiger partial charge is 0.467 e. The quantitative estimate of drug-likeness (QED) is 0.554. The minimum Gasteiger partial charge on any atom is -0.467 e. The van der Waals surface area contributed by atoms with Crippen LogP contribution in [0, 0.1) is 0 Å². The molecule has 3 atom stereocenters. The molecule has 0 aromatic rings. The molecular weight excluding hydrogens is 338 g/mol. The van der Waals surface area contributed by atoms with Gasteiger partial charge < -0.3 is 13.9 Å². The molecule has 0 radical (unpaired) electrons. The summed E-state index contributed by atoms with van der Waals surface area (Å²) in [6, 6.07) is -0.933. The summed E-state index contributed by atoms with van der Waals surface area (Å²) in [5.41, 5.74) is -0.629. The Kier molecular flexibility index (Phi) is 6.38. The Morgan fingerprint density at radius 3 is 2.00 bits per heavy atom. The number of likely N-dealkylation sites (tertiary alicyclic amines) is 1. The fraction of sp³-hybridized carbons (Fsp3) is 0.889. The Bertz CT molecular complexity index is 507. The Labute approximate surface area is 153 Å². The number of carbonyl (C=O) groups excluding carboxylic acids is 2. The molecule has 0 saturated carbocycles. The first-order valence-corrected chi connectivity index (χ1v) is 11.8. The van der Waals surface area contributed by atoms with Crippen molar-refractivity contribution in [3.8, 4) is 0 Å². The summed E-state index contributed by atoms with van der Waals surface area (Å²) >= 11 is 0. The van der Waals surface area contributed by atoms with E-state index in [0.717, 1.165) is 0 Å². The van der Waals surface area contributed by atoms with E-state index in [4.69, 9.17) is 13.9 Å². The van der Waals surface area contributed by atoms with Gasteiger partial charge in [-0.25, -0.2) is 9.59 Å². The number of esters is 1. The molecule has 7 heteroatoms. The van der Waals surface area contributed by atoms with E-state index in [2.05, 4.69) is 33.9 Å². The number of ether oxygens (including phenoxy) is 2. The van der Waals surface area contributed by atoms with Crippen molar-refractivity contribution in [3.63, 3.8) is 0 Å². The molecule has 0 aromatic carbocycles. The van der Waals surface area contributed by atoms with Crippen molar-refractivity contribution >= 4 is 20.4 Å². The Hall–Kier alpha value is -1.08. The molecule has 146 valence electrons. The summed E-state index contributed by atoms with van der Waals surface area (Å²) in [7, 11) is -0.693. The zero-order chi connectivity index (χ0) is 19.8. The molecule has 1 fully saturated rings. The van der Waals surface area contributed by atoms with Crippen LogP contribution in [-0.4, -0.2) is 56.2 Å². The van der Waals surface area contributed by atoms with Crippen LogP contribution in [0.15, 0.2) is 0 Å². The average molecular weight is 374 g/mol. The number of carbonyl (C=O) groups is 2. The van der Waals surface area contributed by atoms with E-state index in [1.807, 2.05) is 27.7 Å². The highest BCUT2D eigenvalue weighted by atomic mass is 28.4. The van der Waals surface area contributed by atoms with E-state index in [1.165, 1.54) is 12.0 Å². The topological polar surface area (TPSA) is 65.1 Å². The fourth-order valence-electron chi connectivity index (χ4n) is 2.65. The van der Waals surface area contributed by atoms with E-state index in [0.29, 0.717) is 6.42 Å². The van der Waals surface area contributed by atoms with Gasteiger partial charge in [-0.05, 0) is 45.8 Å². The van der Waals surface area contributed by atoms with Gasteiger partial charge in [0, 0.05) is 6.42 Å². The van der Waals surface area contributed by atoms with Crippen LogP contribution in [0.1, 0.15) is 54.9 Å². The van der Waals surface area contributed by atoms with Crippen molar-refractivity contribution in [3.05, 3.63) is 0 Å². The van der Waals surface area contributed by atoms with E-state index in [9.17, 15) is 9.59 Å². The zero-order valence-electron chi connectivity index (χ0n) is 17.4. The summed E-state index contributed by atoms with van der Waals surface area (Å²) in [6.07, 6.45) is -0.284. The maximum Gasteiger partial charge on any atom is 0.411 e. The molecule has 1 aliphatic rings. The second-order valence-corrected chi connectivity index (χ2v) is 14.1. The highest BCUT2D eigenvalue weighted by molar-refractivity contribution is 6.74. The second-order valence-electron chi connectivity index (χ2n) is 9.32. The number of hydrogen-bond donors (Lipinski definition) is 0. The van der Waals surface area contributed by atoms with Gasteiger partial charge in [0.1, 0.15) is 11.6 Å². The predicted octanol–water partition coefficient (Wildman–Crippen LogP) is 3.95. The van der Waals surface area contributed by atoms with E-state index >= 15 is 0 Å². The van der Waals surface area contributed by atoms with Crippen molar-refractivity contribution in [2.75, 3.05) is 7.11 Å². The van der Waals surface area contributed by atoms with Gasteiger partial charge in [0.2, 0.25) is 0 Å². The van der Waals surface area contributed by atoms with Gasteiger partial charge in [-0.1, -0.05) is 20.8 Å². The molecule has 0 N–H and O–H groups in total. The Morgan fingerprint density at radius 2 is 1.60 bits per heavy atom. The highest BCUT2D eigenvalue weighted by Gasteiger charge is 2.50. The summed E-state index contributed by atoms with van der Waals surface area (Å²) < 4.78 is 16.9. The molecular formula is C18H35NO5Si. The molecule has 0 aliphatic carbocycles. The molecule has 1 rings (SSSR count). The van der Waals surface area contributed by atoms with Gasteiger partial charge in [-0.2, -0.15) is 0 Å². The maximum atomic E-state index is 12.7. The lowest BCUT2D eigenvalue weighted by Crippen LogP contribution is -2.49. The van der Waals surface area contributed by atoms with Gasteiger partial charge in [0.25, 0.3) is 0 Å². The standard InChI is InChI=1S/C18H35NO5Si/c1-12-14(24-25(9,10)18(5,6)7)11-13(15(20)22-8)19(12)16(21)23-17(2,3)4/h12-14H,11H2,1-10H3/t12-,13-,14-/m0/s1. The predicted molar refractivity (Wildman–Crippen MR) is 100 cm³/mol. The summed E-state index contributed by atoms with van der Waals surface area (Å²) in [5.74, 6) is -0.431. The molecule has 1 amide bonds. The Balaban J connectivity index is 3.07. The first-order valence-electron chi connectivity index (χ1n) is 8.87. The third-order valence-electron chi connectivity index (χ3n) is 5.10. The number of hydrogen-bond acceptors (Lipinski definition) is 5. The molecule has 1 heterocycles. The lowest BCUT2D eigenvalue weighted by atomic mass is 10.1. The van der Waals surface area contributed by atoms with Crippen LogP contribution in [-0.2, 0) is 18.7 Å². The van der Waals surface area contributed by atoms with Gasteiger partial charge in [0.15, 0.2) is 8.32 Å². The maximum absolute atomic E-state index is 12.7. The van der Waals surface area contributed by atoms with Crippen LogP contribution in [0.4, 0.5) is 4.79 Å². The van der Waals surface area contributed by atoms with Crippen LogP contribution in [0.2, 0.25) is 18.1 Å². The minimum absolute atomic E-state index is 0.0484. The fourth-order valence-corrected chi connectivity index (χ4v) is 4.05. The molecule has 0 bridgehead atoms. The SMILES string of the molecule is COC(=O)[C@@H]1C[C@H](O[Si](C)(C)C(C)(C)C)[C@H](C)N1C(=O)OC(C)(C)C. The lowest BCUT2D eigenvalue weighted by Gasteiger charge is -2.39. The van der Waals surface area contributed by atoms with Crippen molar-refractivity contribution < 1.29 is 23.5 Å². The van der Waals surface area contributed by atoms with Gasteiger partial charge in [-0.15, -0.1) is 0 Å². The average Bonchev–Trinajstić information content (AvgIpc) is 2.71. The smallest absolute Gasteiger partial charge is 0.411 e. The molecule has 25 heavy (non-hydrogen) atoms. The van der Waals surface area contributed by atoms with Crippen molar-refractivity contribution in [2.24, 2.45) is 0 Å². The molecule has 1 saturated heterocycles. The monoisotopic (exact) mass is 373 g/mol.